The number of aryl methyl sites for hydroxylation is 1. The number of rotatable bonds is 3. The summed E-state index contributed by atoms with van der Waals surface area (Å²) in [7, 11) is 1.51. The zero-order valence-electron chi connectivity index (χ0n) is 11.2. The fourth-order valence-corrected chi connectivity index (χ4v) is 2.25. The van der Waals surface area contributed by atoms with Crippen LogP contribution in [0.25, 0.3) is 11.0 Å². The highest BCUT2D eigenvalue weighted by Crippen LogP contribution is 2.19. The van der Waals surface area contributed by atoms with E-state index < -0.39 is 0 Å². The lowest BCUT2D eigenvalue weighted by molar-refractivity contribution is -0.119. The van der Waals surface area contributed by atoms with Crippen molar-refractivity contribution in [3.63, 3.8) is 0 Å². The van der Waals surface area contributed by atoms with Crippen LogP contribution in [0.4, 0.5) is 5.82 Å². The van der Waals surface area contributed by atoms with Gasteiger partial charge < -0.3 is 15.6 Å². The average Bonchev–Trinajstić information content (AvgIpc) is 2.43. The highest BCUT2D eigenvalue weighted by Gasteiger charge is 2.17. The molecule has 1 amide bonds. The number of hydrogen-bond acceptors (Lipinski definition) is 4. The summed E-state index contributed by atoms with van der Waals surface area (Å²) in [6, 6.07) is 3.15. The molecule has 0 spiro atoms. The van der Waals surface area contributed by atoms with Crippen LogP contribution in [0, 0.1) is 0 Å². The Hall–Kier alpha value is -2.08. The minimum Gasteiger partial charge on any atom is -0.385 e. The molecule has 3 N–H and O–H groups in total. The van der Waals surface area contributed by atoms with E-state index in [2.05, 4.69) is 10.3 Å². The van der Waals surface area contributed by atoms with Crippen molar-refractivity contribution in [1.29, 1.82) is 0 Å². The molecule has 0 atom stereocenters. The first-order valence-corrected chi connectivity index (χ1v) is 6.55. The summed E-state index contributed by atoms with van der Waals surface area (Å²) in [5.74, 6) is -0.0129. The van der Waals surface area contributed by atoms with E-state index in [1.165, 1.54) is 7.05 Å². The number of nitrogens with two attached hydrogens (primary N) is 1. The second-order valence-electron chi connectivity index (χ2n) is 4.29. The van der Waals surface area contributed by atoms with Gasteiger partial charge in [-0.2, -0.15) is 0 Å². The number of likely N-dealkylation sites (N-methyl/N-ethyl adjacent to an activating group) is 1. The molecule has 0 fully saturated rings. The van der Waals surface area contributed by atoms with Crippen LogP contribution in [0.2, 0.25) is 5.15 Å². The third kappa shape index (κ3) is 2.34. The molecule has 0 aliphatic carbocycles. The predicted molar refractivity (Wildman–Crippen MR) is 78.9 cm³/mol. The Kier molecular flexibility index (Phi) is 3.94. The number of hydrogen-bond donors (Lipinski definition) is 2. The Morgan fingerprint density at radius 1 is 1.50 bits per heavy atom. The van der Waals surface area contributed by atoms with Crippen molar-refractivity contribution < 1.29 is 4.79 Å². The van der Waals surface area contributed by atoms with Crippen LogP contribution in [0.3, 0.4) is 0 Å². The normalized spacial score (nSPS) is 10.8. The number of nitrogens with one attached hydrogen (secondary N) is 1. The zero-order chi connectivity index (χ0) is 14.9. The summed E-state index contributed by atoms with van der Waals surface area (Å²) in [6.45, 7) is 2.41. The Balaban J connectivity index is 2.81. The number of carbonyl (C=O) groups is 1. The van der Waals surface area contributed by atoms with Gasteiger partial charge in [-0.25, -0.2) is 4.98 Å². The maximum Gasteiger partial charge on any atom is 0.224 e. The fraction of sp³-hybridized carbons (Fsp3) is 0.308. The molecule has 0 saturated heterocycles. The van der Waals surface area contributed by atoms with E-state index in [0.29, 0.717) is 17.6 Å². The standard InChI is InChI=1S/C13H15ClN4O2/c1-3-18-12(15)8(6-10(19)16-2)11(20)7-4-5-9(14)17-13(7)18/h4-5H,3,6,15H2,1-2H3,(H,16,19). The quantitative estimate of drug-likeness (QED) is 0.824. The summed E-state index contributed by atoms with van der Waals surface area (Å²) < 4.78 is 1.68. The van der Waals surface area contributed by atoms with Crippen LogP contribution in [-0.4, -0.2) is 22.5 Å². The molecule has 0 radical (unpaired) electrons. The van der Waals surface area contributed by atoms with Crippen molar-refractivity contribution in [2.45, 2.75) is 19.9 Å². The lowest BCUT2D eigenvalue weighted by Crippen LogP contribution is -2.27. The Labute approximate surface area is 120 Å². The number of anilines is 1. The summed E-state index contributed by atoms with van der Waals surface area (Å²) in [5, 5.41) is 3.18. The summed E-state index contributed by atoms with van der Waals surface area (Å²) in [6.07, 6.45) is -0.0558. The molecule has 2 heterocycles. The number of aromatic nitrogens is 2. The molecule has 20 heavy (non-hydrogen) atoms. The van der Waals surface area contributed by atoms with Gasteiger partial charge in [0, 0.05) is 19.2 Å². The van der Waals surface area contributed by atoms with Gasteiger partial charge >= 0.3 is 0 Å². The molecule has 0 bridgehead atoms. The van der Waals surface area contributed by atoms with Gasteiger partial charge in [0.1, 0.15) is 16.6 Å². The average molecular weight is 295 g/mol. The van der Waals surface area contributed by atoms with Crippen molar-refractivity contribution in [2.75, 3.05) is 12.8 Å². The van der Waals surface area contributed by atoms with Gasteiger partial charge in [-0.3, -0.25) is 9.59 Å². The molecule has 0 aliphatic rings. The lowest BCUT2D eigenvalue weighted by atomic mass is 10.1. The lowest BCUT2D eigenvalue weighted by Gasteiger charge is -2.15. The molecule has 2 aromatic rings. The number of fused-ring (bicyclic) bond motifs is 1. The van der Waals surface area contributed by atoms with Gasteiger partial charge in [0.05, 0.1) is 11.8 Å². The second-order valence-corrected chi connectivity index (χ2v) is 4.68. The molecule has 0 aromatic carbocycles. The minimum absolute atomic E-state index is 0.0558. The first-order chi connectivity index (χ1) is 9.49. The number of nitrogens with zero attached hydrogens (tertiary/aromatic N) is 2. The summed E-state index contributed by atoms with van der Waals surface area (Å²) >= 11 is 5.87. The minimum atomic E-state index is -0.282. The van der Waals surface area contributed by atoms with Crippen LogP contribution in [0.5, 0.6) is 0 Å². The van der Waals surface area contributed by atoms with Crippen LogP contribution < -0.4 is 16.5 Å². The Bertz CT molecular complexity index is 739. The van der Waals surface area contributed by atoms with Crippen molar-refractivity contribution in [1.82, 2.24) is 14.9 Å². The van der Waals surface area contributed by atoms with E-state index in [-0.39, 0.29) is 34.3 Å². The van der Waals surface area contributed by atoms with E-state index in [9.17, 15) is 9.59 Å². The van der Waals surface area contributed by atoms with Gasteiger partial charge in [0.15, 0.2) is 5.43 Å². The van der Waals surface area contributed by atoms with Crippen LogP contribution >= 0.6 is 11.6 Å². The molecule has 106 valence electrons. The number of halogens is 1. The van der Waals surface area contributed by atoms with Crippen molar-refractivity contribution in [2.24, 2.45) is 0 Å². The van der Waals surface area contributed by atoms with E-state index in [4.69, 9.17) is 17.3 Å². The van der Waals surface area contributed by atoms with Gasteiger partial charge in [-0.1, -0.05) is 11.6 Å². The van der Waals surface area contributed by atoms with Gasteiger partial charge in [-0.05, 0) is 19.1 Å². The first kappa shape index (κ1) is 14.3. The van der Waals surface area contributed by atoms with Crippen LogP contribution in [0.15, 0.2) is 16.9 Å². The molecule has 0 aliphatic heterocycles. The second kappa shape index (κ2) is 5.50. The fourth-order valence-electron chi connectivity index (χ4n) is 2.10. The topological polar surface area (TPSA) is 90.0 Å². The van der Waals surface area contributed by atoms with Crippen molar-refractivity contribution in [3.05, 3.63) is 33.1 Å². The molecular weight excluding hydrogens is 280 g/mol. The largest absolute Gasteiger partial charge is 0.385 e. The molecular formula is C13H15ClN4O2. The van der Waals surface area contributed by atoms with E-state index >= 15 is 0 Å². The molecule has 0 saturated carbocycles. The molecule has 6 nitrogen and oxygen atoms in total. The Morgan fingerprint density at radius 3 is 2.80 bits per heavy atom. The summed E-state index contributed by atoms with van der Waals surface area (Å²) in [4.78, 5) is 28.1. The van der Waals surface area contributed by atoms with Gasteiger partial charge in [0.2, 0.25) is 5.91 Å². The van der Waals surface area contributed by atoms with Gasteiger partial charge in [0.25, 0.3) is 0 Å². The van der Waals surface area contributed by atoms with E-state index in [1.54, 1.807) is 16.7 Å². The maximum absolute atomic E-state index is 12.4. The van der Waals surface area contributed by atoms with Crippen LogP contribution in [0.1, 0.15) is 12.5 Å². The highest BCUT2D eigenvalue weighted by atomic mass is 35.5. The van der Waals surface area contributed by atoms with Gasteiger partial charge in [-0.15, -0.1) is 0 Å². The van der Waals surface area contributed by atoms with E-state index in [0.717, 1.165) is 0 Å². The van der Waals surface area contributed by atoms with Crippen molar-refractivity contribution >= 4 is 34.4 Å². The molecule has 7 heteroatoms. The monoisotopic (exact) mass is 294 g/mol. The third-order valence-electron chi connectivity index (χ3n) is 3.15. The maximum atomic E-state index is 12.4. The smallest absolute Gasteiger partial charge is 0.224 e. The highest BCUT2D eigenvalue weighted by molar-refractivity contribution is 6.29. The number of pyridine rings is 2. The predicted octanol–water partition coefficient (Wildman–Crippen LogP) is 0.941. The van der Waals surface area contributed by atoms with Crippen molar-refractivity contribution in [3.8, 4) is 0 Å². The SMILES string of the molecule is CCn1c(N)c(CC(=O)NC)c(=O)c2ccc(Cl)nc21. The molecule has 2 aromatic heterocycles. The van der Waals surface area contributed by atoms with E-state index in [1.807, 2.05) is 6.92 Å². The molecule has 0 unspecified atom stereocenters. The third-order valence-corrected chi connectivity index (χ3v) is 3.36. The Morgan fingerprint density at radius 2 is 2.20 bits per heavy atom. The number of nitrogen functional groups attached to an aromatic ring is 1. The number of carbonyl (C=O) groups excluding carboxylic acids is 1. The summed E-state index contributed by atoms with van der Waals surface area (Å²) in [5.41, 5.74) is 6.45. The number of amides is 1. The zero-order valence-corrected chi connectivity index (χ0v) is 12.0. The molecule has 2 rings (SSSR count). The first-order valence-electron chi connectivity index (χ1n) is 6.17. The van der Waals surface area contributed by atoms with Crippen LogP contribution in [-0.2, 0) is 17.8 Å².